The lowest BCUT2D eigenvalue weighted by Crippen LogP contribution is -2.30. The first-order valence-corrected chi connectivity index (χ1v) is 8.47. The summed E-state index contributed by atoms with van der Waals surface area (Å²) < 4.78 is 0.658. The fourth-order valence-electron chi connectivity index (χ4n) is 1.80. The molecule has 0 saturated heterocycles. The number of pyridine rings is 1. The molecule has 1 aromatic heterocycles. The summed E-state index contributed by atoms with van der Waals surface area (Å²) in [5, 5.41) is 9.00. The topological polar surface area (TPSA) is 104 Å². The van der Waals surface area contributed by atoms with E-state index >= 15 is 0 Å². The van der Waals surface area contributed by atoms with E-state index in [1.807, 2.05) is 13.0 Å². The molecule has 0 bridgehead atoms. The van der Waals surface area contributed by atoms with Crippen LogP contribution in [-0.4, -0.2) is 16.6 Å². The number of nitrogen functional groups attached to an aromatic ring is 1. The van der Waals surface area contributed by atoms with Crippen LogP contribution in [0, 0.1) is 11.3 Å². The molecule has 0 aliphatic carbocycles. The lowest BCUT2D eigenvalue weighted by Gasteiger charge is -2.13. The average Bonchev–Trinajstić information content (AvgIpc) is 2.56. The molecule has 0 aliphatic heterocycles. The Morgan fingerprint density at radius 1 is 1.48 bits per heavy atom. The Labute approximate surface area is 146 Å². The van der Waals surface area contributed by atoms with E-state index in [1.165, 1.54) is 6.20 Å². The number of nitrogens with one attached hydrogen (secondary N) is 2. The highest BCUT2D eigenvalue weighted by molar-refractivity contribution is 9.10. The summed E-state index contributed by atoms with van der Waals surface area (Å²) in [6.45, 7) is 2.03. The van der Waals surface area contributed by atoms with Crippen molar-refractivity contribution in [2.24, 2.45) is 0 Å². The Kier molecular flexibility index (Phi) is 5.84. The number of hydrazine groups is 1. The molecule has 8 heteroatoms. The number of nitriles is 1. The number of nitrogens with two attached hydrogens (primary N) is 1. The second-order valence-corrected chi connectivity index (χ2v) is 6.64. The molecule has 6 nitrogen and oxygen atoms in total. The van der Waals surface area contributed by atoms with Crippen molar-refractivity contribution >= 4 is 45.1 Å². The third-order valence-corrected chi connectivity index (χ3v) is 4.24. The maximum absolute atomic E-state index is 12.2. The monoisotopic (exact) mass is 391 g/mol. The molecular formula is C15H14BrN5OS. The van der Waals surface area contributed by atoms with Crippen molar-refractivity contribution in [1.29, 1.82) is 5.26 Å². The number of carbonyl (C=O) groups excluding carboxylic acids is 1. The van der Waals surface area contributed by atoms with E-state index in [2.05, 4.69) is 37.8 Å². The number of hydrogen-bond donors (Lipinski definition) is 3. The predicted molar refractivity (Wildman–Crippen MR) is 95.0 cm³/mol. The molecule has 118 valence electrons. The van der Waals surface area contributed by atoms with Crippen LogP contribution in [0.5, 0.6) is 0 Å². The van der Waals surface area contributed by atoms with Crippen molar-refractivity contribution in [2.75, 3.05) is 16.9 Å². The van der Waals surface area contributed by atoms with Crippen LogP contribution in [0.3, 0.4) is 0 Å². The zero-order chi connectivity index (χ0) is 16.8. The summed E-state index contributed by atoms with van der Waals surface area (Å²) in [7, 11) is 0. The van der Waals surface area contributed by atoms with E-state index in [1.54, 1.807) is 30.0 Å². The highest BCUT2D eigenvalue weighted by Gasteiger charge is 2.12. The van der Waals surface area contributed by atoms with Crippen LogP contribution < -0.4 is 16.6 Å². The molecule has 4 N–H and O–H groups in total. The maximum Gasteiger partial charge on any atom is 0.273 e. The Bertz CT molecular complexity index is 775. The zero-order valence-electron chi connectivity index (χ0n) is 12.3. The number of amides is 1. The minimum Gasteiger partial charge on any atom is -0.383 e. The van der Waals surface area contributed by atoms with Gasteiger partial charge in [-0.3, -0.25) is 15.6 Å². The molecule has 1 aromatic carbocycles. The van der Waals surface area contributed by atoms with E-state index in [0.29, 0.717) is 15.7 Å². The van der Waals surface area contributed by atoms with E-state index in [-0.39, 0.29) is 11.4 Å². The number of nitrogens with zero attached hydrogens (tertiary/aromatic N) is 2. The number of aromatic nitrogens is 1. The van der Waals surface area contributed by atoms with Gasteiger partial charge in [-0.05, 0) is 45.9 Å². The van der Waals surface area contributed by atoms with Gasteiger partial charge in [0.05, 0.1) is 22.9 Å². The van der Waals surface area contributed by atoms with E-state index in [0.717, 1.165) is 10.6 Å². The van der Waals surface area contributed by atoms with Gasteiger partial charge in [-0.2, -0.15) is 5.26 Å². The van der Waals surface area contributed by atoms with E-state index < -0.39 is 5.91 Å². The number of carbonyl (C=O) groups is 1. The van der Waals surface area contributed by atoms with Gasteiger partial charge in [0.15, 0.2) is 0 Å². The van der Waals surface area contributed by atoms with Gasteiger partial charge in [-0.1, -0.05) is 6.92 Å². The van der Waals surface area contributed by atoms with Gasteiger partial charge < -0.3 is 5.73 Å². The maximum atomic E-state index is 12.2. The van der Waals surface area contributed by atoms with Crippen molar-refractivity contribution < 1.29 is 4.79 Å². The fourth-order valence-corrected chi connectivity index (χ4v) is 2.87. The molecule has 0 radical (unpaired) electrons. The quantitative estimate of drug-likeness (QED) is 0.534. The van der Waals surface area contributed by atoms with Crippen molar-refractivity contribution in [1.82, 2.24) is 10.4 Å². The average molecular weight is 392 g/mol. The minimum absolute atomic E-state index is 0.140. The zero-order valence-corrected chi connectivity index (χ0v) is 14.7. The normalized spacial score (nSPS) is 9.96. The number of anilines is 2. The molecular weight excluding hydrogens is 378 g/mol. The molecule has 23 heavy (non-hydrogen) atoms. The molecule has 0 saturated carbocycles. The smallest absolute Gasteiger partial charge is 0.273 e. The number of thioether (sulfide) groups is 1. The number of halogens is 1. The van der Waals surface area contributed by atoms with Gasteiger partial charge in [0.1, 0.15) is 5.82 Å². The molecule has 0 unspecified atom stereocenters. The van der Waals surface area contributed by atoms with Crippen molar-refractivity contribution in [3.8, 4) is 6.07 Å². The van der Waals surface area contributed by atoms with Gasteiger partial charge in [0, 0.05) is 15.6 Å². The third kappa shape index (κ3) is 4.37. The Hall–Kier alpha value is -2.24. The van der Waals surface area contributed by atoms with Crippen molar-refractivity contribution in [3.63, 3.8) is 0 Å². The highest BCUT2D eigenvalue weighted by atomic mass is 79.9. The van der Waals surface area contributed by atoms with Crippen LogP contribution in [0.2, 0.25) is 0 Å². The van der Waals surface area contributed by atoms with Crippen LogP contribution in [0.25, 0.3) is 0 Å². The summed E-state index contributed by atoms with van der Waals surface area (Å²) in [5.41, 5.74) is 12.6. The molecule has 1 heterocycles. The van der Waals surface area contributed by atoms with Gasteiger partial charge in [0.25, 0.3) is 5.91 Å². The molecule has 2 aromatic rings. The van der Waals surface area contributed by atoms with E-state index in [9.17, 15) is 4.79 Å². The highest BCUT2D eigenvalue weighted by Crippen LogP contribution is 2.27. The molecule has 2 rings (SSSR count). The molecule has 1 amide bonds. The van der Waals surface area contributed by atoms with Crippen LogP contribution in [-0.2, 0) is 0 Å². The summed E-state index contributed by atoms with van der Waals surface area (Å²) >= 11 is 4.86. The predicted octanol–water partition coefficient (Wildman–Crippen LogP) is 3.17. The number of benzene rings is 1. The van der Waals surface area contributed by atoms with Gasteiger partial charge >= 0.3 is 0 Å². The first-order chi connectivity index (χ1) is 11.0. The lowest BCUT2D eigenvalue weighted by molar-refractivity contribution is 0.0963. The molecule has 0 spiro atoms. The van der Waals surface area contributed by atoms with Crippen LogP contribution in [0.15, 0.2) is 39.8 Å². The standard InChI is InChI=1S/C15H14BrN5OS/c1-2-23-13-4-3-9(7-17)5-12(13)20-21-15(22)11-6-10(16)8-19-14(11)18/h3-6,8,20H,2H2,1H3,(H2,18,19)(H,21,22). The Morgan fingerprint density at radius 3 is 2.96 bits per heavy atom. The third-order valence-electron chi connectivity index (χ3n) is 2.85. The lowest BCUT2D eigenvalue weighted by atomic mass is 10.2. The molecule has 0 atom stereocenters. The summed E-state index contributed by atoms with van der Waals surface area (Å²) in [6.07, 6.45) is 1.52. The van der Waals surface area contributed by atoms with Crippen LogP contribution in [0.4, 0.5) is 11.5 Å². The first kappa shape index (κ1) is 17.1. The van der Waals surface area contributed by atoms with Gasteiger partial charge in [-0.15, -0.1) is 11.8 Å². The minimum atomic E-state index is -0.411. The number of hydrogen-bond acceptors (Lipinski definition) is 6. The van der Waals surface area contributed by atoms with Crippen molar-refractivity contribution in [2.45, 2.75) is 11.8 Å². The summed E-state index contributed by atoms with van der Waals surface area (Å²) in [6, 6.07) is 8.93. The first-order valence-electron chi connectivity index (χ1n) is 6.69. The largest absolute Gasteiger partial charge is 0.383 e. The van der Waals surface area contributed by atoms with E-state index in [4.69, 9.17) is 11.0 Å². The van der Waals surface area contributed by atoms with Gasteiger partial charge in [0.2, 0.25) is 0 Å². The van der Waals surface area contributed by atoms with Crippen LogP contribution >= 0.6 is 27.7 Å². The van der Waals surface area contributed by atoms with Gasteiger partial charge in [-0.25, -0.2) is 4.98 Å². The Morgan fingerprint density at radius 2 is 2.26 bits per heavy atom. The molecule has 0 fully saturated rings. The summed E-state index contributed by atoms with van der Waals surface area (Å²) in [5.74, 6) is 0.601. The SMILES string of the molecule is CCSc1ccc(C#N)cc1NNC(=O)c1cc(Br)cnc1N. The summed E-state index contributed by atoms with van der Waals surface area (Å²) in [4.78, 5) is 17.1. The number of rotatable bonds is 5. The molecule has 0 aliphatic rings. The van der Waals surface area contributed by atoms with Crippen LogP contribution in [0.1, 0.15) is 22.8 Å². The second kappa shape index (κ2) is 7.85. The second-order valence-electron chi connectivity index (χ2n) is 4.42. The Balaban J connectivity index is 2.18. The fraction of sp³-hybridized carbons (Fsp3) is 0.133. The van der Waals surface area contributed by atoms with Crippen molar-refractivity contribution in [3.05, 3.63) is 46.1 Å².